The highest BCUT2D eigenvalue weighted by Crippen LogP contribution is 2.59. The molecule has 10 heteroatoms. The molecule has 2 heterocycles. The van der Waals surface area contributed by atoms with Gasteiger partial charge < -0.3 is 29.1 Å². The van der Waals surface area contributed by atoms with Crippen LogP contribution in [0.2, 0.25) is 0 Å². The van der Waals surface area contributed by atoms with Gasteiger partial charge in [-0.1, -0.05) is 33.2 Å². The quantitative estimate of drug-likeness (QED) is 0.505. The van der Waals surface area contributed by atoms with Gasteiger partial charge in [-0.25, -0.2) is 0 Å². The van der Waals surface area contributed by atoms with Gasteiger partial charge in [-0.2, -0.15) is 0 Å². The summed E-state index contributed by atoms with van der Waals surface area (Å²) in [6, 6.07) is 9.28. The number of halogens is 1. The molecule has 1 N–H and O–H groups in total. The fraction of sp³-hybridized carbons (Fsp3) is 0.433. The number of phenols is 1. The number of hydrogen-bond acceptors (Lipinski definition) is 9. The molecule has 1 saturated heterocycles. The Bertz CT molecular complexity index is 1450. The van der Waals surface area contributed by atoms with Crippen molar-refractivity contribution >= 4 is 33.4 Å². The fourth-order valence-electron chi connectivity index (χ4n) is 7.21. The number of carbonyl (C=O) groups is 2. The molecule has 0 saturated carbocycles. The summed E-state index contributed by atoms with van der Waals surface area (Å²) in [5, 5.41) is 16.0. The van der Waals surface area contributed by atoms with E-state index in [9.17, 15) is 14.7 Å². The minimum absolute atomic E-state index is 0.0259. The molecule has 4 aliphatic rings. The first-order valence-electron chi connectivity index (χ1n) is 13.2. The van der Waals surface area contributed by atoms with Crippen molar-refractivity contribution in [1.82, 2.24) is 4.90 Å². The smallest absolute Gasteiger partial charge is 0.319 e. The number of esters is 1. The number of aromatic hydroxyl groups is 1. The SMILES string of the molecule is COC(=O)[C@@H]1C(c2ccc(Br)cc2)=NO[C@H]1c1cc(OC)c(O)c2c1C[C@H]1C3C=C(OC)C(=O)C[C@@]23CCN1C. The molecule has 1 fully saturated rings. The van der Waals surface area contributed by atoms with Gasteiger partial charge >= 0.3 is 5.97 Å². The Labute approximate surface area is 240 Å². The zero-order chi connectivity index (χ0) is 28.3. The van der Waals surface area contributed by atoms with Gasteiger partial charge in [0.2, 0.25) is 0 Å². The Hall–Kier alpha value is -3.37. The highest BCUT2D eigenvalue weighted by Gasteiger charge is 2.58. The Morgan fingerprint density at radius 2 is 1.95 bits per heavy atom. The van der Waals surface area contributed by atoms with Crippen LogP contribution in [0.1, 0.15) is 41.2 Å². The average molecular weight is 611 g/mol. The summed E-state index contributed by atoms with van der Waals surface area (Å²) in [5.41, 5.74) is 2.81. The zero-order valence-electron chi connectivity index (χ0n) is 22.8. The van der Waals surface area contributed by atoms with E-state index in [0.717, 1.165) is 22.1 Å². The van der Waals surface area contributed by atoms with Crippen LogP contribution in [0.4, 0.5) is 0 Å². The van der Waals surface area contributed by atoms with Crippen molar-refractivity contribution in [1.29, 1.82) is 0 Å². The van der Waals surface area contributed by atoms with E-state index in [2.05, 4.69) is 33.0 Å². The van der Waals surface area contributed by atoms with E-state index in [-0.39, 0.29) is 35.7 Å². The topological polar surface area (TPSA) is 107 Å². The molecule has 2 aliphatic heterocycles. The second kappa shape index (κ2) is 9.92. The number of likely N-dealkylation sites (tertiary alicyclic amines) is 1. The maximum absolute atomic E-state index is 13.3. The van der Waals surface area contributed by atoms with Crippen LogP contribution in [0.5, 0.6) is 11.5 Å². The number of piperidine rings is 1. The fourth-order valence-corrected chi connectivity index (χ4v) is 7.47. The van der Waals surface area contributed by atoms with Gasteiger partial charge in [0.05, 0.1) is 21.3 Å². The maximum Gasteiger partial charge on any atom is 0.319 e. The maximum atomic E-state index is 13.3. The third-order valence-corrected chi connectivity index (χ3v) is 9.66. The standard InChI is InChI=1S/C30H31BrN2O7/c1-33-10-9-30-14-21(34)22(37-2)13-19(30)20(33)11-17-18(12-23(38-3)27(35)25(17)30)28-24(29(36)39-4)26(32-40-28)15-5-7-16(31)8-6-15/h5-8,12-13,19-20,24,28,35H,9-11,14H2,1-4H3/t19?,20-,24+,28-,30+/m0/s1. The van der Waals surface area contributed by atoms with Crippen LogP contribution >= 0.6 is 15.9 Å². The van der Waals surface area contributed by atoms with Gasteiger partial charge in [0.1, 0.15) is 11.6 Å². The molecule has 0 amide bonds. The summed E-state index contributed by atoms with van der Waals surface area (Å²) < 4.78 is 17.2. The summed E-state index contributed by atoms with van der Waals surface area (Å²) in [6.07, 6.45) is 2.59. The highest BCUT2D eigenvalue weighted by atomic mass is 79.9. The predicted molar refractivity (Wildman–Crippen MR) is 149 cm³/mol. The van der Waals surface area contributed by atoms with Gasteiger partial charge in [0, 0.05) is 45.0 Å². The predicted octanol–water partition coefficient (Wildman–Crippen LogP) is 4.05. The Morgan fingerprint density at radius 3 is 2.62 bits per heavy atom. The van der Waals surface area contributed by atoms with Gasteiger partial charge in [0.25, 0.3) is 0 Å². The second-order valence-electron chi connectivity index (χ2n) is 10.9. The number of benzene rings is 2. The average Bonchev–Trinajstić information content (AvgIpc) is 3.39. The van der Waals surface area contributed by atoms with E-state index >= 15 is 0 Å². The van der Waals surface area contributed by atoms with Crippen LogP contribution in [0.3, 0.4) is 0 Å². The van der Waals surface area contributed by atoms with Crippen molar-refractivity contribution in [3.63, 3.8) is 0 Å². The van der Waals surface area contributed by atoms with E-state index in [1.54, 1.807) is 6.07 Å². The first-order valence-corrected chi connectivity index (χ1v) is 14.0. The summed E-state index contributed by atoms with van der Waals surface area (Å²) in [4.78, 5) is 34.9. The van der Waals surface area contributed by atoms with E-state index in [4.69, 9.17) is 19.0 Å². The van der Waals surface area contributed by atoms with Gasteiger partial charge in [-0.3, -0.25) is 9.59 Å². The number of fused-ring (bicyclic) bond motifs is 1. The van der Waals surface area contributed by atoms with E-state index in [1.165, 1.54) is 21.3 Å². The minimum atomic E-state index is -0.842. The first-order chi connectivity index (χ1) is 19.2. The number of nitrogens with zero attached hydrogens (tertiary/aromatic N) is 2. The minimum Gasteiger partial charge on any atom is -0.504 e. The van der Waals surface area contributed by atoms with E-state index < -0.39 is 23.4 Å². The number of phenolic OH excluding ortho intramolecular Hbond substituents is 1. The van der Waals surface area contributed by atoms with Crippen LogP contribution in [-0.4, -0.2) is 68.4 Å². The number of ketones is 1. The molecule has 40 heavy (non-hydrogen) atoms. The molecule has 6 rings (SSSR count). The van der Waals surface area contributed by atoms with Crippen LogP contribution < -0.4 is 4.74 Å². The normalized spacial score (nSPS) is 29.0. The van der Waals surface area contributed by atoms with Crippen molar-refractivity contribution in [2.24, 2.45) is 17.0 Å². The van der Waals surface area contributed by atoms with Gasteiger partial charge in [-0.05, 0) is 56.3 Å². The molecule has 2 aliphatic carbocycles. The largest absolute Gasteiger partial charge is 0.504 e. The molecule has 1 unspecified atom stereocenters. The number of ether oxygens (including phenoxy) is 3. The lowest BCUT2D eigenvalue weighted by Crippen LogP contribution is -2.60. The Kier molecular flexibility index (Phi) is 6.65. The van der Waals surface area contributed by atoms with Crippen LogP contribution in [-0.2, 0) is 35.7 Å². The molecule has 2 aromatic rings. The monoisotopic (exact) mass is 610 g/mol. The molecule has 0 aromatic heterocycles. The van der Waals surface area contributed by atoms with Crippen molar-refractivity contribution in [2.75, 3.05) is 34.9 Å². The molecular formula is C30H31BrN2O7. The van der Waals surface area contributed by atoms with E-state index in [1.807, 2.05) is 30.3 Å². The first kappa shape index (κ1) is 26.8. The number of oxime groups is 1. The number of likely N-dealkylation sites (N-methyl/N-ethyl adjacent to an activating group) is 1. The van der Waals surface area contributed by atoms with Gasteiger partial charge in [0.15, 0.2) is 29.1 Å². The Balaban J connectivity index is 1.55. The molecule has 0 radical (unpaired) electrons. The van der Waals surface area contributed by atoms with Crippen molar-refractivity contribution in [2.45, 2.75) is 36.8 Å². The van der Waals surface area contributed by atoms with Crippen LogP contribution in [0.25, 0.3) is 0 Å². The summed E-state index contributed by atoms with van der Waals surface area (Å²) in [7, 11) is 6.44. The summed E-state index contributed by atoms with van der Waals surface area (Å²) >= 11 is 3.45. The van der Waals surface area contributed by atoms with Crippen LogP contribution in [0.15, 0.2) is 51.8 Å². The van der Waals surface area contributed by atoms with Crippen LogP contribution in [0, 0.1) is 11.8 Å². The number of allylic oxidation sites excluding steroid dienone is 1. The lowest BCUT2D eigenvalue weighted by molar-refractivity contribution is -0.146. The lowest BCUT2D eigenvalue weighted by atomic mass is 9.53. The third kappa shape index (κ3) is 3.87. The Morgan fingerprint density at radius 1 is 1.20 bits per heavy atom. The zero-order valence-corrected chi connectivity index (χ0v) is 24.4. The summed E-state index contributed by atoms with van der Waals surface area (Å²) in [6.45, 7) is 0.775. The third-order valence-electron chi connectivity index (χ3n) is 9.13. The number of hydrogen-bond donors (Lipinski definition) is 1. The van der Waals surface area contributed by atoms with Crippen molar-refractivity contribution in [3.05, 3.63) is 68.9 Å². The molecule has 210 valence electrons. The van der Waals surface area contributed by atoms with Crippen molar-refractivity contribution in [3.8, 4) is 11.5 Å². The second-order valence-corrected chi connectivity index (χ2v) is 11.8. The van der Waals surface area contributed by atoms with Crippen molar-refractivity contribution < 1.29 is 33.7 Å². The van der Waals surface area contributed by atoms with Gasteiger partial charge in [-0.15, -0.1) is 0 Å². The number of methoxy groups -OCH3 is 3. The number of rotatable bonds is 5. The molecule has 5 atom stereocenters. The number of carbonyl (C=O) groups excluding carboxylic acids is 2. The molecule has 9 nitrogen and oxygen atoms in total. The highest BCUT2D eigenvalue weighted by molar-refractivity contribution is 9.10. The molecular weight excluding hydrogens is 580 g/mol. The molecule has 0 spiro atoms. The molecule has 2 aromatic carbocycles. The summed E-state index contributed by atoms with van der Waals surface area (Å²) in [5.74, 6) is -0.809. The van der Waals surface area contributed by atoms with E-state index in [0.29, 0.717) is 35.4 Å². The molecule has 2 bridgehead atoms. The number of Topliss-reactive ketones (excluding diaryl/α,β-unsaturated/α-hetero) is 1. The lowest BCUT2D eigenvalue weighted by Gasteiger charge is -2.57.